The zero-order chi connectivity index (χ0) is 39.1. The SMILES string of the molecule is CC(=O)OC[C@H]1O[C@H](O[C@H]2[C@H](OC(C)=O)[C@@H](OC(C)=O)C(OC(=O)C3CC4C=CC3C4)O[C@@H]2COC(C)=O)[C@H](OC(C)=O)[C@@H](OC(C)=O)[C@@H]1OC(C)=O. The molecule has 2 aliphatic heterocycles. The molecular formula is C34H44O19. The summed E-state index contributed by atoms with van der Waals surface area (Å²) in [7, 11) is 0. The van der Waals surface area contributed by atoms with Crippen molar-refractivity contribution in [1.82, 2.24) is 0 Å². The molecule has 2 heterocycles. The molecular weight excluding hydrogens is 712 g/mol. The number of allylic oxidation sites excluding steroid dienone is 2. The first-order chi connectivity index (χ1) is 24.9. The summed E-state index contributed by atoms with van der Waals surface area (Å²) < 4.78 is 62.0. The van der Waals surface area contributed by atoms with Gasteiger partial charge in [-0.2, -0.15) is 0 Å². The standard InChI is InChI=1S/C34H44O19/c1-14(35)43-12-24-26(45-16(3)37)28(46-17(4)38)30(48-19(6)40)33(50-24)52-27-25(13-44-15(2)36)51-34(31(49-20(7)41)29(27)47-18(5)39)53-32(42)23-11-21-8-9-22(23)10-21/h8-9,21-31,33-34H,10-13H2,1-7H3/t21?,22?,23?,24-,25-,26-,27-,28+,29+,30-,31-,33-,34?/m1/s1. The molecule has 1 saturated carbocycles. The van der Waals surface area contributed by atoms with Crippen LogP contribution in [-0.2, 0) is 90.5 Å². The molecule has 19 nitrogen and oxygen atoms in total. The van der Waals surface area contributed by atoms with Crippen LogP contribution in [0.1, 0.15) is 61.3 Å². The van der Waals surface area contributed by atoms with Crippen molar-refractivity contribution in [2.75, 3.05) is 13.2 Å². The zero-order valence-electron chi connectivity index (χ0n) is 30.2. The predicted molar refractivity (Wildman–Crippen MR) is 168 cm³/mol. The van der Waals surface area contributed by atoms with Gasteiger partial charge in [0.1, 0.15) is 31.5 Å². The van der Waals surface area contributed by atoms with Gasteiger partial charge in [-0.1, -0.05) is 12.2 Å². The molecule has 0 aromatic rings. The van der Waals surface area contributed by atoms with Crippen LogP contribution in [0.5, 0.6) is 0 Å². The number of esters is 8. The third-order valence-electron chi connectivity index (χ3n) is 8.70. The van der Waals surface area contributed by atoms with Gasteiger partial charge in [-0.15, -0.1) is 0 Å². The summed E-state index contributed by atoms with van der Waals surface area (Å²) in [5, 5.41) is 0. The smallest absolute Gasteiger partial charge is 0.312 e. The molecule has 2 saturated heterocycles. The fourth-order valence-electron chi connectivity index (χ4n) is 6.82. The van der Waals surface area contributed by atoms with Gasteiger partial charge in [0, 0.05) is 48.5 Å². The third-order valence-corrected chi connectivity index (χ3v) is 8.70. The molecule has 19 heteroatoms. The van der Waals surface area contributed by atoms with Crippen molar-refractivity contribution < 1.29 is 90.5 Å². The first kappa shape index (κ1) is 41.1. The highest BCUT2D eigenvalue weighted by Gasteiger charge is 2.58. The van der Waals surface area contributed by atoms with E-state index in [1.807, 2.05) is 12.2 Å². The summed E-state index contributed by atoms with van der Waals surface area (Å²) in [6, 6.07) is 0. The molecule has 2 bridgehead atoms. The molecule has 53 heavy (non-hydrogen) atoms. The fraction of sp³-hybridized carbons (Fsp3) is 0.706. The Kier molecular flexibility index (Phi) is 13.9. The molecule has 4 unspecified atom stereocenters. The van der Waals surface area contributed by atoms with Gasteiger partial charge in [-0.3, -0.25) is 38.4 Å². The Morgan fingerprint density at radius 2 is 0.925 bits per heavy atom. The second-order valence-electron chi connectivity index (χ2n) is 13.0. The Morgan fingerprint density at radius 3 is 1.38 bits per heavy atom. The van der Waals surface area contributed by atoms with E-state index in [1.165, 1.54) is 0 Å². The van der Waals surface area contributed by atoms with E-state index in [1.54, 1.807) is 0 Å². The Bertz CT molecular complexity index is 1460. The fourth-order valence-corrected chi connectivity index (χ4v) is 6.82. The predicted octanol–water partition coefficient (Wildman–Crippen LogP) is 0.362. The van der Waals surface area contributed by atoms with Crippen LogP contribution in [0.15, 0.2) is 12.2 Å². The van der Waals surface area contributed by atoms with Crippen LogP contribution in [-0.4, -0.2) is 122 Å². The second-order valence-corrected chi connectivity index (χ2v) is 13.0. The molecule has 0 N–H and O–H groups in total. The number of fused-ring (bicyclic) bond motifs is 2. The van der Waals surface area contributed by atoms with Crippen molar-refractivity contribution in [3.8, 4) is 0 Å². The Labute approximate surface area is 304 Å². The Balaban J connectivity index is 1.77. The molecule has 13 atom stereocenters. The van der Waals surface area contributed by atoms with Crippen LogP contribution in [0.3, 0.4) is 0 Å². The van der Waals surface area contributed by atoms with Crippen molar-refractivity contribution in [3.63, 3.8) is 0 Å². The third kappa shape index (κ3) is 11.0. The number of hydrogen-bond acceptors (Lipinski definition) is 19. The van der Waals surface area contributed by atoms with Gasteiger partial charge in [-0.25, -0.2) is 0 Å². The van der Waals surface area contributed by atoms with E-state index >= 15 is 0 Å². The summed E-state index contributed by atoms with van der Waals surface area (Å²) >= 11 is 0. The minimum atomic E-state index is -1.83. The molecule has 4 rings (SSSR count). The minimum Gasteiger partial charge on any atom is -0.463 e. The van der Waals surface area contributed by atoms with E-state index in [0.29, 0.717) is 6.42 Å². The first-order valence-electron chi connectivity index (χ1n) is 16.9. The van der Waals surface area contributed by atoms with Crippen molar-refractivity contribution >= 4 is 47.8 Å². The van der Waals surface area contributed by atoms with Crippen LogP contribution >= 0.6 is 0 Å². The van der Waals surface area contributed by atoms with Gasteiger partial charge in [-0.05, 0) is 24.7 Å². The summed E-state index contributed by atoms with van der Waals surface area (Å²) in [4.78, 5) is 99.2. The van der Waals surface area contributed by atoms with Crippen molar-refractivity contribution in [2.45, 2.75) is 123 Å². The summed E-state index contributed by atoms with van der Waals surface area (Å²) in [6.45, 7) is 6.18. The Hall–Kier alpha value is -4.62. The quantitative estimate of drug-likeness (QED) is 0.140. The van der Waals surface area contributed by atoms with Gasteiger partial charge in [0.15, 0.2) is 30.7 Å². The monoisotopic (exact) mass is 756 g/mol. The first-order valence-corrected chi connectivity index (χ1v) is 16.9. The van der Waals surface area contributed by atoms with Crippen LogP contribution in [0, 0.1) is 17.8 Å². The molecule has 0 amide bonds. The molecule has 3 fully saturated rings. The average molecular weight is 757 g/mol. The molecule has 2 aliphatic carbocycles. The number of carbonyl (C=O) groups is 8. The lowest BCUT2D eigenvalue weighted by atomic mass is 9.93. The van der Waals surface area contributed by atoms with Crippen molar-refractivity contribution in [2.24, 2.45) is 17.8 Å². The maximum atomic E-state index is 13.5. The lowest BCUT2D eigenvalue weighted by Gasteiger charge is -2.48. The zero-order valence-corrected chi connectivity index (χ0v) is 30.2. The normalized spacial score (nSPS) is 34.2. The summed E-state index contributed by atoms with van der Waals surface area (Å²) in [6.07, 6.45) is -11.1. The number of carbonyl (C=O) groups excluding carboxylic acids is 8. The Morgan fingerprint density at radius 1 is 0.491 bits per heavy atom. The molecule has 0 aromatic carbocycles. The van der Waals surface area contributed by atoms with Gasteiger partial charge in [0.05, 0.1) is 5.92 Å². The van der Waals surface area contributed by atoms with Crippen molar-refractivity contribution in [3.05, 3.63) is 12.2 Å². The highest BCUT2D eigenvalue weighted by Crippen LogP contribution is 2.44. The lowest BCUT2D eigenvalue weighted by Crippen LogP contribution is -2.67. The maximum Gasteiger partial charge on any atom is 0.312 e. The van der Waals surface area contributed by atoms with Gasteiger partial charge in [0.25, 0.3) is 0 Å². The average Bonchev–Trinajstić information content (AvgIpc) is 3.68. The highest BCUT2D eigenvalue weighted by molar-refractivity contribution is 5.74. The number of hydrogen-bond donors (Lipinski definition) is 0. The highest BCUT2D eigenvalue weighted by atomic mass is 16.8. The van der Waals surface area contributed by atoms with Crippen LogP contribution in [0.4, 0.5) is 0 Å². The molecule has 0 aromatic heterocycles. The van der Waals surface area contributed by atoms with Crippen LogP contribution in [0.2, 0.25) is 0 Å². The molecule has 0 spiro atoms. The van der Waals surface area contributed by atoms with E-state index in [9.17, 15) is 38.4 Å². The van der Waals surface area contributed by atoms with Crippen molar-refractivity contribution in [1.29, 1.82) is 0 Å². The number of rotatable bonds is 13. The van der Waals surface area contributed by atoms with E-state index in [0.717, 1.165) is 54.9 Å². The maximum absolute atomic E-state index is 13.5. The molecule has 0 radical (unpaired) electrons. The topological polar surface area (TPSA) is 238 Å². The van der Waals surface area contributed by atoms with Gasteiger partial charge >= 0.3 is 47.8 Å². The lowest BCUT2D eigenvalue weighted by molar-refractivity contribution is -0.358. The van der Waals surface area contributed by atoms with Crippen LogP contribution in [0.25, 0.3) is 0 Å². The largest absolute Gasteiger partial charge is 0.463 e. The van der Waals surface area contributed by atoms with E-state index in [2.05, 4.69) is 0 Å². The van der Waals surface area contributed by atoms with Gasteiger partial charge < -0.3 is 52.1 Å². The van der Waals surface area contributed by atoms with E-state index < -0.39 is 128 Å². The summed E-state index contributed by atoms with van der Waals surface area (Å²) in [5.74, 6) is -7.15. The van der Waals surface area contributed by atoms with E-state index in [4.69, 9.17) is 52.1 Å². The summed E-state index contributed by atoms with van der Waals surface area (Å²) in [5.41, 5.74) is 0. The van der Waals surface area contributed by atoms with E-state index in [-0.39, 0.29) is 11.8 Å². The van der Waals surface area contributed by atoms with Crippen LogP contribution < -0.4 is 0 Å². The minimum absolute atomic E-state index is 0.0805. The second kappa shape index (κ2) is 17.9. The molecule has 4 aliphatic rings. The number of ether oxygens (including phenoxy) is 11. The van der Waals surface area contributed by atoms with Gasteiger partial charge in [0.2, 0.25) is 12.4 Å². The molecule has 294 valence electrons.